The Labute approximate surface area is 190 Å². The molecule has 164 valence electrons. The molecule has 0 aliphatic carbocycles. The minimum Gasteiger partial charge on any atom is -0.507 e. The molecule has 1 aliphatic rings. The second-order valence-electron chi connectivity index (χ2n) is 7.43. The molecule has 1 aromatic heterocycles. The van der Waals surface area contributed by atoms with E-state index in [1.54, 1.807) is 60.7 Å². The number of nitrogens with zero attached hydrogens (tertiary/aromatic N) is 1. The van der Waals surface area contributed by atoms with Gasteiger partial charge >= 0.3 is 0 Å². The highest BCUT2D eigenvalue weighted by Gasteiger charge is 2.46. The number of aliphatic hydroxyl groups is 1. The average molecular weight is 452 g/mol. The van der Waals surface area contributed by atoms with Crippen molar-refractivity contribution in [2.75, 3.05) is 6.61 Å². The van der Waals surface area contributed by atoms with Crippen LogP contribution in [-0.2, 0) is 16.1 Å². The van der Waals surface area contributed by atoms with Crippen LogP contribution in [0.1, 0.15) is 36.3 Å². The molecule has 2 aromatic carbocycles. The lowest BCUT2D eigenvalue weighted by molar-refractivity contribution is -0.140. The van der Waals surface area contributed by atoms with Crippen molar-refractivity contribution in [2.45, 2.75) is 25.9 Å². The summed E-state index contributed by atoms with van der Waals surface area (Å²) in [5.41, 5.74) is 1.06. The maximum Gasteiger partial charge on any atom is 0.296 e. The van der Waals surface area contributed by atoms with Crippen molar-refractivity contribution in [1.29, 1.82) is 0 Å². The zero-order chi connectivity index (χ0) is 22.7. The molecule has 1 amide bonds. The molecule has 1 unspecified atom stereocenters. The molecule has 0 bridgehead atoms. The van der Waals surface area contributed by atoms with Crippen LogP contribution in [0.2, 0.25) is 5.02 Å². The minimum absolute atomic E-state index is 0.0107. The smallest absolute Gasteiger partial charge is 0.296 e. The Morgan fingerprint density at radius 1 is 1.12 bits per heavy atom. The molecule has 1 fully saturated rings. The van der Waals surface area contributed by atoms with E-state index in [0.29, 0.717) is 34.3 Å². The normalized spacial score (nSPS) is 17.7. The van der Waals surface area contributed by atoms with Crippen LogP contribution in [0.15, 0.2) is 76.9 Å². The van der Waals surface area contributed by atoms with Crippen LogP contribution in [0.3, 0.4) is 0 Å². The van der Waals surface area contributed by atoms with Gasteiger partial charge in [-0.25, -0.2) is 0 Å². The van der Waals surface area contributed by atoms with Crippen LogP contribution in [0, 0.1) is 0 Å². The summed E-state index contributed by atoms with van der Waals surface area (Å²) in [6.07, 6.45) is 2.34. The number of ketones is 1. The highest BCUT2D eigenvalue weighted by atomic mass is 35.5. The first-order valence-electron chi connectivity index (χ1n) is 10.3. The van der Waals surface area contributed by atoms with Crippen LogP contribution in [0.25, 0.3) is 5.76 Å². The predicted molar refractivity (Wildman–Crippen MR) is 120 cm³/mol. The SMILES string of the molecule is CCCOc1cccc(/C(O)=C2/C(=O)C(=O)N(Cc3ccco3)C2c2ccc(Cl)cc2)c1. The molecular weight excluding hydrogens is 430 g/mol. The molecule has 1 aliphatic heterocycles. The number of aliphatic hydroxyl groups excluding tert-OH is 1. The molecule has 1 N–H and O–H groups in total. The number of likely N-dealkylation sites (tertiary alicyclic amines) is 1. The fourth-order valence-electron chi connectivity index (χ4n) is 3.71. The topological polar surface area (TPSA) is 80.0 Å². The highest BCUT2D eigenvalue weighted by molar-refractivity contribution is 6.46. The quantitative estimate of drug-likeness (QED) is 0.298. The van der Waals surface area contributed by atoms with E-state index in [9.17, 15) is 14.7 Å². The zero-order valence-corrected chi connectivity index (χ0v) is 18.2. The molecule has 7 heteroatoms. The van der Waals surface area contributed by atoms with Crippen LogP contribution in [0.5, 0.6) is 5.75 Å². The van der Waals surface area contributed by atoms with Gasteiger partial charge in [-0.05, 0) is 48.4 Å². The summed E-state index contributed by atoms with van der Waals surface area (Å²) in [7, 11) is 0. The number of halogens is 1. The number of hydrogen-bond acceptors (Lipinski definition) is 5. The number of furan rings is 1. The summed E-state index contributed by atoms with van der Waals surface area (Å²) in [5.74, 6) is -0.619. The molecule has 1 atom stereocenters. The fraction of sp³-hybridized carbons (Fsp3) is 0.200. The number of hydrogen-bond donors (Lipinski definition) is 1. The summed E-state index contributed by atoms with van der Waals surface area (Å²) in [6, 6.07) is 16.3. The van der Waals surface area contributed by atoms with E-state index in [1.807, 2.05) is 6.92 Å². The third-order valence-electron chi connectivity index (χ3n) is 5.21. The molecule has 6 nitrogen and oxygen atoms in total. The van der Waals surface area contributed by atoms with E-state index in [0.717, 1.165) is 6.42 Å². The van der Waals surface area contributed by atoms with E-state index in [-0.39, 0.29) is 17.9 Å². The van der Waals surface area contributed by atoms with Crippen molar-refractivity contribution in [1.82, 2.24) is 4.90 Å². The second-order valence-corrected chi connectivity index (χ2v) is 7.87. The lowest BCUT2D eigenvalue weighted by Crippen LogP contribution is -2.29. The maximum atomic E-state index is 13.1. The van der Waals surface area contributed by atoms with Gasteiger partial charge in [0.2, 0.25) is 0 Å². The molecule has 3 aromatic rings. The van der Waals surface area contributed by atoms with Crippen molar-refractivity contribution in [2.24, 2.45) is 0 Å². The van der Waals surface area contributed by atoms with Gasteiger partial charge < -0.3 is 19.2 Å². The van der Waals surface area contributed by atoms with Gasteiger partial charge in [0, 0.05) is 10.6 Å². The number of benzene rings is 2. The first-order chi connectivity index (χ1) is 15.5. The van der Waals surface area contributed by atoms with Crippen LogP contribution in [-0.4, -0.2) is 28.3 Å². The van der Waals surface area contributed by atoms with Crippen molar-refractivity contribution in [3.8, 4) is 5.75 Å². The molecule has 2 heterocycles. The Morgan fingerprint density at radius 3 is 2.59 bits per heavy atom. The van der Waals surface area contributed by atoms with Gasteiger partial charge in [0.05, 0.1) is 31.0 Å². The van der Waals surface area contributed by atoms with Gasteiger partial charge in [0.15, 0.2) is 0 Å². The van der Waals surface area contributed by atoms with E-state index < -0.39 is 17.7 Å². The minimum atomic E-state index is -0.794. The number of rotatable bonds is 7. The van der Waals surface area contributed by atoms with Gasteiger partial charge in [-0.1, -0.05) is 42.8 Å². The summed E-state index contributed by atoms with van der Waals surface area (Å²) >= 11 is 6.04. The molecule has 32 heavy (non-hydrogen) atoms. The Morgan fingerprint density at radius 2 is 1.91 bits per heavy atom. The summed E-state index contributed by atoms with van der Waals surface area (Å²) in [5, 5.41) is 11.7. The molecule has 0 radical (unpaired) electrons. The van der Waals surface area contributed by atoms with E-state index in [4.69, 9.17) is 20.8 Å². The average Bonchev–Trinajstić information content (AvgIpc) is 3.40. The Kier molecular flexibility index (Phi) is 6.32. The van der Waals surface area contributed by atoms with Gasteiger partial charge in [0.1, 0.15) is 17.3 Å². The second kappa shape index (κ2) is 9.32. The van der Waals surface area contributed by atoms with Gasteiger partial charge in [0.25, 0.3) is 11.7 Å². The molecule has 0 saturated carbocycles. The molecule has 0 spiro atoms. The Balaban J connectivity index is 1.81. The monoisotopic (exact) mass is 451 g/mol. The summed E-state index contributed by atoms with van der Waals surface area (Å²) in [6.45, 7) is 2.61. The summed E-state index contributed by atoms with van der Waals surface area (Å²) in [4.78, 5) is 27.4. The number of Topliss-reactive ketones (excluding diaryl/α,β-unsaturated/α-hetero) is 1. The van der Waals surface area contributed by atoms with Gasteiger partial charge in [-0.2, -0.15) is 0 Å². The Bertz CT molecular complexity index is 1150. The third-order valence-corrected chi connectivity index (χ3v) is 5.46. The number of carbonyl (C=O) groups excluding carboxylic acids is 2. The predicted octanol–water partition coefficient (Wildman–Crippen LogP) is 5.34. The van der Waals surface area contributed by atoms with Crippen molar-refractivity contribution in [3.63, 3.8) is 0 Å². The van der Waals surface area contributed by atoms with E-state index in [1.165, 1.54) is 11.2 Å². The molecule has 1 saturated heterocycles. The lowest BCUT2D eigenvalue weighted by atomic mass is 9.95. The van der Waals surface area contributed by atoms with E-state index in [2.05, 4.69) is 0 Å². The summed E-state index contributed by atoms with van der Waals surface area (Å²) < 4.78 is 11.0. The Hall–Kier alpha value is -3.51. The molecular formula is C25H22ClNO5. The first kappa shape index (κ1) is 21.7. The number of amides is 1. The molecule has 4 rings (SSSR count). The van der Waals surface area contributed by atoms with Crippen molar-refractivity contribution >= 4 is 29.1 Å². The standard InChI is InChI=1S/C25H22ClNO5/c1-2-12-31-19-6-3-5-17(14-19)23(28)21-22(16-8-10-18(26)11-9-16)27(25(30)24(21)29)15-20-7-4-13-32-20/h3-11,13-14,22,28H,2,12,15H2,1H3/b23-21-. The van der Waals surface area contributed by atoms with Gasteiger partial charge in [-0.3, -0.25) is 9.59 Å². The first-order valence-corrected chi connectivity index (χ1v) is 10.7. The highest BCUT2D eigenvalue weighted by Crippen LogP contribution is 2.40. The van der Waals surface area contributed by atoms with Crippen molar-refractivity contribution < 1.29 is 23.8 Å². The zero-order valence-electron chi connectivity index (χ0n) is 17.5. The lowest BCUT2D eigenvalue weighted by Gasteiger charge is -2.24. The third kappa shape index (κ3) is 4.27. The number of ether oxygens (including phenoxy) is 1. The van der Waals surface area contributed by atoms with E-state index >= 15 is 0 Å². The van der Waals surface area contributed by atoms with Crippen LogP contribution < -0.4 is 4.74 Å². The number of carbonyl (C=O) groups is 2. The fourth-order valence-corrected chi connectivity index (χ4v) is 3.84. The maximum absolute atomic E-state index is 13.1. The largest absolute Gasteiger partial charge is 0.507 e. The van der Waals surface area contributed by atoms with Crippen LogP contribution in [0.4, 0.5) is 0 Å². The van der Waals surface area contributed by atoms with Gasteiger partial charge in [-0.15, -0.1) is 0 Å². The van der Waals surface area contributed by atoms with Crippen LogP contribution >= 0.6 is 11.6 Å². The van der Waals surface area contributed by atoms with Crippen molar-refractivity contribution in [3.05, 3.63) is 94.4 Å².